The molecule has 2 aliphatic heterocycles. The van der Waals surface area contributed by atoms with Crippen molar-refractivity contribution in [1.82, 2.24) is 15.1 Å². The molecular weight excluding hydrogens is 353 g/mol. The van der Waals surface area contributed by atoms with Crippen molar-refractivity contribution in [3.8, 4) is 0 Å². The Morgan fingerprint density at radius 3 is 2.57 bits per heavy atom. The summed E-state index contributed by atoms with van der Waals surface area (Å²) in [5.74, 6) is 0.332. The molecule has 3 rings (SSSR count). The number of halogens is 2. The molecule has 0 bridgehead atoms. The second kappa shape index (κ2) is 9.23. The van der Waals surface area contributed by atoms with Crippen molar-refractivity contribution >= 4 is 42.1 Å². The first kappa shape index (κ1) is 20.7. The molecule has 0 aromatic carbocycles. The Kier molecular flexibility index (Phi) is 8.31. The van der Waals surface area contributed by atoms with Gasteiger partial charge in [-0.2, -0.15) is 0 Å². The number of nitrogens with zero attached hydrogens (tertiary/aromatic N) is 2. The second-order valence-corrected chi connectivity index (χ2v) is 7.15. The number of hydrogen-bond donors (Lipinski definition) is 1. The van der Waals surface area contributed by atoms with Gasteiger partial charge in [0.05, 0.1) is 5.54 Å². The van der Waals surface area contributed by atoms with Crippen LogP contribution in [0.3, 0.4) is 0 Å². The predicted octanol–water partition coefficient (Wildman–Crippen LogP) is 2.77. The standard InChI is InChI=1S/C16H25N3OS.2ClH/c1-2-16(6-4-7-17-16)15(20)19-10-8-18(9-11-19)13-14-5-3-12-21-14;;/h3,5,12,17H,2,4,6-11,13H2,1H3;2*1H. The van der Waals surface area contributed by atoms with Crippen LogP contribution in [-0.4, -0.2) is 54.0 Å². The van der Waals surface area contributed by atoms with Crippen LogP contribution in [-0.2, 0) is 11.3 Å². The highest BCUT2D eigenvalue weighted by Gasteiger charge is 2.42. The van der Waals surface area contributed by atoms with Crippen molar-refractivity contribution in [2.75, 3.05) is 32.7 Å². The van der Waals surface area contributed by atoms with Gasteiger partial charge in [0.1, 0.15) is 0 Å². The Bertz CT molecular complexity index is 470. The molecule has 1 N–H and O–H groups in total. The molecule has 1 aromatic heterocycles. The lowest BCUT2D eigenvalue weighted by molar-refractivity contribution is -0.139. The molecule has 0 saturated carbocycles. The maximum absolute atomic E-state index is 12.8. The van der Waals surface area contributed by atoms with Gasteiger partial charge in [-0.25, -0.2) is 0 Å². The normalized spacial score (nSPS) is 24.8. The van der Waals surface area contributed by atoms with Gasteiger partial charge in [0.25, 0.3) is 0 Å². The van der Waals surface area contributed by atoms with E-state index in [0.717, 1.165) is 58.5 Å². The summed E-state index contributed by atoms with van der Waals surface area (Å²) in [6.07, 6.45) is 3.02. The molecule has 3 heterocycles. The fourth-order valence-corrected chi connectivity index (χ4v) is 4.22. The van der Waals surface area contributed by atoms with Gasteiger partial charge in [-0.15, -0.1) is 36.2 Å². The maximum Gasteiger partial charge on any atom is 0.242 e. The van der Waals surface area contributed by atoms with E-state index in [1.54, 1.807) is 0 Å². The van der Waals surface area contributed by atoms with Gasteiger partial charge >= 0.3 is 0 Å². The molecule has 1 aromatic rings. The molecule has 1 unspecified atom stereocenters. The number of thiophene rings is 1. The average molecular weight is 380 g/mol. The number of amides is 1. The SMILES string of the molecule is CCC1(C(=O)N2CCN(Cc3cccs3)CC2)CCCN1.Cl.Cl. The lowest BCUT2D eigenvalue weighted by Crippen LogP contribution is -2.58. The quantitative estimate of drug-likeness (QED) is 0.873. The summed E-state index contributed by atoms with van der Waals surface area (Å²) in [4.78, 5) is 18.8. The minimum absolute atomic E-state index is 0. The van der Waals surface area contributed by atoms with E-state index in [2.05, 4.69) is 39.6 Å². The van der Waals surface area contributed by atoms with Gasteiger partial charge in [0, 0.05) is 37.6 Å². The summed E-state index contributed by atoms with van der Waals surface area (Å²) < 4.78 is 0. The first-order valence-corrected chi connectivity index (χ1v) is 8.91. The van der Waals surface area contributed by atoms with Crippen molar-refractivity contribution in [3.63, 3.8) is 0 Å². The highest BCUT2D eigenvalue weighted by molar-refractivity contribution is 7.09. The molecule has 0 radical (unpaired) electrons. The number of hydrogen-bond acceptors (Lipinski definition) is 4. The Morgan fingerprint density at radius 2 is 2.04 bits per heavy atom. The summed E-state index contributed by atoms with van der Waals surface area (Å²) in [5, 5.41) is 5.59. The monoisotopic (exact) mass is 379 g/mol. The summed E-state index contributed by atoms with van der Waals surface area (Å²) in [6.45, 7) is 7.85. The molecular formula is C16H27Cl2N3OS. The van der Waals surface area contributed by atoms with Crippen LogP contribution in [0.4, 0.5) is 0 Å². The largest absolute Gasteiger partial charge is 0.339 e. The van der Waals surface area contributed by atoms with Crippen molar-refractivity contribution in [2.45, 2.75) is 38.3 Å². The topological polar surface area (TPSA) is 35.6 Å². The minimum atomic E-state index is -0.268. The number of nitrogens with one attached hydrogen (secondary N) is 1. The lowest BCUT2D eigenvalue weighted by Gasteiger charge is -2.39. The van der Waals surface area contributed by atoms with Crippen molar-refractivity contribution in [1.29, 1.82) is 0 Å². The minimum Gasteiger partial charge on any atom is -0.339 e. The van der Waals surface area contributed by atoms with Crippen LogP contribution >= 0.6 is 36.2 Å². The molecule has 2 saturated heterocycles. The lowest BCUT2D eigenvalue weighted by atomic mass is 9.92. The highest BCUT2D eigenvalue weighted by atomic mass is 35.5. The van der Waals surface area contributed by atoms with Crippen LogP contribution in [0, 0.1) is 0 Å². The number of piperazine rings is 1. The molecule has 132 valence electrons. The maximum atomic E-state index is 12.8. The Morgan fingerprint density at radius 1 is 1.30 bits per heavy atom. The van der Waals surface area contributed by atoms with E-state index in [1.807, 2.05) is 11.3 Å². The zero-order valence-corrected chi connectivity index (χ0v) is 16.1. The second-order valence-electron chi connectivity index (χ2n) is 6.11. The van der Waals surface area contributed by atoms with E-state index >= 15 is 0 Å². The van der Waals surface area contributed by atoms with E-state index in [9.17, 15) is 4.79 Å². The van der Waals surface area contributed by atoms with E-state index in [0.29, 0.717) is 5.91 Å². The van der Waals surface area contributed by atoms with Gasteiger partial charge in [-0.05, 0) is 37.3 Å². The molecule has 7 heteroatoms. The zero-order chi connectivity index (χ0) is 14.7. The van der Waals surface area contributed by atoms with Gasteiger partial charge in [-0.1, -0.05) is 13.0 Å². The van der Waals surface area contributed by atoms with Gasteiger partial charge in [0.15, 0.2) is 0 Å². The average Bonchev–Trinajstić information content (AvgIpc) is 3.19. The summed E-state index contributed by atoms with van der Waals surface area (Å²) >= 11 is 1.81. The zero-order valence-electron chi connectivity index (χ0n) is 13.6. The summed E-state index contributed by atoms with van der Waals surface area (Å²) in [5.41, 5.74) is -0.268. The van der Waals surface area contributed by atoms with Crippen LogP contribution in [0.2, 0.25) is 0 Å². The van der Waals surface area contributed by atoms with Crippen molar-refractivity contribution < 1.29 is 4.79 Å². The van der Waals surface area contributed by atoms with E-state index < -0.39 is 0 Å². The molecule has 0 aliphatic carbocycles. The van der Waals surface area contributed by atoms with Gasteiger partial charge in [0.2, 0.25) is 5.91 Å². The van der Waals surface area contributed by atoms with Crippen molar-refractivity contribution in [3.05, 3.63) is 22.4 Å². The van der Waals surface area contributed by atoms with E-state index in [1.165, 1.54) is 4.88 Å². The fraction of sp³-hybridized carbons (Fsp3) is 0.688. The van der Waals surface area contributed by atoms with Gasteiger partial charge in [-0.3, -0.25) is 9.69 Å². The van der Waals surface area contributed by atoms with Crippen LogP contribution in [0.15, 0.2) is 17.5 Å². The van der Waals surface area contributed by atoms with Crippen LogP contribution in [0.1, 0.15) is 31.1 Å². The van der Waals surface area contributed by atoms with Crippen LogP contribution < -0.4 is 5.32 Å². The summed E-state index contributed by atoms with van der Waals surface area (Å²) in [6, 6.07) is 4.30. The summed E-state index contributed by atoms with van der Waals surface area (Å²) in [7, 11) is 0. The Hall–Kier alpha value is -0.330. The first-order valence-electron chi connectivity index (χ1n) is 8.03. The molecule has 1 atom stereocenters. The van der Waals surface area contributed by atoms with Crippen LogP contribution in [0.5, 0.6) is 0 Å². The van der Waals surface area contributed by atoms with Gasteiger partial charge < -0.3 is 10.2 Å². The number of carbonyl (C=O) groups excluding carboxylic acids is 1. The van der Waals surface area contributed by atoms with Crippen molar-refractivity contribution in [2.24, 2.45) is 0 Å². The third-order valence-electron chi connectivity index (χ3n) is 4.88. The fourth-order valence-electron chi connectivity index (χ4n) is 3.48. The van der Waals surface area contributed by atoms with E-state index in [-0.39, 0.29) is 30.4 Å². The highest BCUT2D eigenvalue weighted by Crippen LogP contribution is 2.26. The first-order chi connectivity index (χ1) is 10.2. The van der Waals surface area contributed by atoms with E-state index in [4.69, 9.17) is 0 Å². The third-order valence-corrected chi connectivity index (χ3v) is 5.74. The number of carbonyl (C=O) groups is 1. The molecule has 1 amide bonds. The predicted molar refractivity (Wildman–Crippen MR) is 101 cm³/mol. The third kappa shape index (κ3) is 4.60. The Labute approximate surface area is 155 Å². The molecule has 2 fully saturated rings. The molecule has 2 aliphatic rings. The molecule has 4 nitrogen and oxygen atoms in total. The van der Waals surface area contributed by atoms with Crippen LogP contribution in [0.25, 0.3) is 0 Å². The molecule has 23 heavy (non-hydrogen) atoms. The molecule has 0 spiro atoms. The smallest absolute Gasteiger partial charge is 0.242 e. The number of rotatable bonds is 4. The Balaban J connectivity index is 0.00000132.